The highest BCUT2D eigenvalue weighted by atomic mass is 16.5. The SMILES string of the molecule is CNCC(=O)NC[C@@H]1CCCO1. The Hall–Kier alpha value is -0.610. The number of amides is 1. The van der Waals surface area contributed by atoms with E-state index in [1.54, 1.807) is 7.05 Å². The largest absolute Gasteiger partial charge is 0.376 e. The zero-order valence-corrected chi connectivity index (χ0v) is 7.43. The van der Waals surface area contributed by atoms with Crippen molar-refractivity contribution in [2.24, 2.45) is 0 Å². The number of nitrogens with one attached hydrogen (secondary N) is 2. The summed E-state index contributed by atoms with van der Waals surface area (Å²) in [6.07, 6.45) is 2.43. The van der Waals surface area contributed by atoms with Gasteiger partial charge in [-0.05, 0) is 19.9 Å². The first kappa shape index (κ1) is 9.48. The van der Waals surface area contributed by atoms with Crippen LogP contribution in [0, 0.1) is 0 Å². The molecule has 1 atom stereocenters. The van der Waals surface area contributed by atoms with E-state index in [0.717, 1.165) is 19.4 Å². The van der Waals surface area contributed by atoms with Gasteiger partial charge in [-0.15, -0.1) is 0 Å². The van der Waals surface area contributed by atoms with E-state index in [4.69, 9.17) is 4.74 Å². The van der Waals surface area contributed by atoms with Crippen LogP contribution in [0.4, 0.5) is 0 Å². The van der Waals surface area contributed by atoms with Gasteiger partial charge < -0.3 is 15.4 Å². The first-order valence-electron chi connectivity index (χ1n) is 4.36. The Balaban J connectivity index is 2.03. The number of carbonyl (C=O) groups is 1. The summed E-state index contributed by atoms with van der Waals surface area (Å²) in [5, 5.41) is 5.59. The van der Waals surface area contributed by atoms with E-state index in [1.165, 1.54) is 0 Å². The third kappa shape index (κ3) is 3.19. The molecule has 4 nitrogen and oxygen atoms in total. The Morgan fingerprint density at radius 3 is 3.08 bits per heavy atom. The summed E-state index contributed by atoms with van der Waals surface area (Å²) < 4.78 is 5.35. The van der Waals surface area contributed by atoms with Crippen molar-refractivity contribution in [2.45, 2.75) is 18.9 Å². The predicted molar refractivity (Wildman–Crippen MR) is 45.9 cm³/mol. The monoisotopic (exact) mass is 172 g/mol. The van der Waals surface area contributed by atoms with E-state index >= 15 is 0 Å². The van der Waals surface area contributed by atoms with Crippen molar-refractivity contribution in [3.8, 4) is 0 Å². The van der Waals surface area contributed by atoms with Crippen LogP contribution in [0.15, 0.2) is 0 Å². The number of likely N-dealkylation sites (N-methyl/N-ethyl adjacent to an activating group) is 1. The standard InChI is InChI=1S/C8H16N2O2/c1-9-6-8(11)10-5-7-3-2-4-12-7/h7,9H,2-6H2,1H3,(H,10,11)/t7-/m0/s1. The summed E-state index contributed by atoms with van der Waals surface area (Å²) in [5.41, 5.74) is 0. The van der Waals surface area contributed by atoms with Crippen LogP contribution in [-0.4, -0.2) is 38.8 Å². The molecule has 70 valence electrons. The number of hydrogen-bond donors (Lipinski definition) is 2. The Kier molecular flexibility index (Phi) is 4.04. The summed E-state index contributed by atoms with van der Waals surface area (Å²) in [7, 11) is 1.76. The fourth-order valence-corrected chi connectivity index (χ4v) is 1.26. The second kappa shape index (κ2) is 5.11. The van der Waals surface area contributed by atoms with Crippen molar-refractivity contribution in [3.05, 3.63) is 0 Å². The Labute approximate surface area is 72.7 Å². The van der Waals surface area contributed by atoms with E-state index in [9.17, 15) is 4.79 Å². The summed E-state index contributed by atoms with van der Waals surface area (Å²) in [6, 6.07) is 0. The van der Waals surface area contributed by atoms with Crippen molar-refractivity contribution in [3.63, 3.8) is 0 Å². The summed E-state index contributed by atoms with van der Waals surface area (Å²) in [5.74, 6) is 0.0352. The molecule has 0 bridgehead atoms. The molecular formula is C8H16N2O2. The van der Waals surface area contributed by atoms with Crippen molar-refractivity contribution in [1.29, 1.82) is 0 Å². The fourth-order valence-electron chi connectivity index (χ4n) is 1.26. The molecule has 1 heterocycles. The van der Waals surface area contributed by atoms with Crippen LogP contribution in [0.1, 0.15) is 12.8 Å². The highest BCUT2D eigenvalue weighted by Gasteiger charge is 2.15. The van der Waals surface area contributed by atoms with Gasteiger partial charge in [0.05, 0.1) is 12.6 Å². The van der Waals surface area contributed by atoms with Crippen LogP contribution >= 0.6 is 0 Å². The van der Waals surface area contributed by atoms with Crippen molar-refractivity contribution in [2.75, 3.05) is 26.7 Å². The topological polar surface area (TPSA) is 50.4 Å². The molecule has 1 saturated heterocycles. The molecule has 0 spiro atoms. The van der Waals surface area contributed by atoms with E-state index in [2.05, 4.69) is 10.6 Å². The molecule has 0 aromatic carbocycles. The third-order valence-corrected chi connectivity index (χ3v) is 1.89. The normalized spacial score (nSPS) is 22.6. The molecule has 0 saturated carbocycles. The second-order valence-electron chi connectivity index (χ2n) is 2.97. The molecule has 12 heavy (non-hydrogen) atoms. The summed E-state index contributed by atoms with van der Waals surface area (Å²) >= 11 is 0. The first-order valence-corrected chi connectivity index (χ1v) is 4.36. The highest BCUT2D eigenvalue weighted by molar-refractivity contribution is 5.77. The van der Waals surface area contributed by atoms with E-state index in [-0.39, 0.29) is 12.0 Å². The molecule has 1 aliphatic heterocycles. The lowest BCUT2D eigenvalue weighted by atomic mass is 10.2. The quantitative estimate of drug-likeness (QED) is 0.601. The molecule has 1 amide bonds. The Morgan fingerprint density at radius 2 is 2.50 bits per heavy atom. The number of ether oxygens (including phenoxy) is 1. The van der Waals surface area contributed by atoms with Gasteiger partial charge in [-0.1, -0.05) is 0 Å². The van der Waals surface area contributed by atoms with Gasteiger partial charge >= 0.3 is 0 Å². The fraction of sp³-hybridized carbons (Fsp3) is 0.875. The van der Waals surface area contributed by atoms with Gasteiger partial charge in [-0.2, -0.15) is 0 Å². The van der Waals surface area contributed by atoms with E-state index in [1.807, 2.05) is 0 Å². The summed E-state index contributed by atoms with van der Waals surface area (Å²) in [4.78, 5) is 11.0. The van der Waals surface area contributed by atoms with Crippen molar-refractivity contribution < 1.29 is 9.53 Å². The molecule has 0 aliphatic carbocycles. The molecule has 1 aliphatic rings. The minimum absolute atomic E-state index is 0.0352. The molecule has 0 unspecified atom stereocenters. The highest BCUT2D eigenvalue weighted by Crippen LogP contribution is 2.10. The van der Waals surface area contributed by atoms with Gasteiger partial charge in [0.15, 0.2) is 0 Å². The van der Waals surface area contributed by atoms with Crippen LogP contribution < -0.4 is 10.6 Å². The number of carbonyl (C=O) groups excluding carboxylic acids is 1. The Bertz CT molecular complexity index is 144. The molecule has 2 N–H and O–H groups in total. The van der Waals surface area contributed by atoms with Gasteiger partial charge in [0.25, 0.3) is 0 Å². The average Bonchev–Trinajstić information content (AvgIpc) is 2.53. The second-order valence-corrected chi connectivity index (χ2v) is 2.97. The van der Waals surface area contributed by atoms with Crippen LogP contribution in [0.2, 0.25) is 0 Å². The first-order chi connectivity index (χ1) is 5.83. The maximum Gasteiger partial charge on any atom is 0.234 e. The lowest BCUT2D eigenvalue weighted by Gasteiger charge is -2.10. The lowest BCUT2D eigenvalue weighted by molar-refractivity contribution is -0.120. The van der Waals surface area contributed by atoms with Crippen LogP contribution in [0.5, 0.6) is 0 Å². The van der Waals surface area contributed by atoms with Gasteiger partial charge in [-0.3, -0.25) is 4.79 Å². The van der Waals surface area contributed by atoms with E-state index in [0.29, 0.717) is 13.1 Å². The van der Waals surface area contributed by atoms with Crippen LogP contribution in [0.25, 0.3) is 0 Å². The molecule has 0 aromatic rings. The maximum atomic E-state index is 11.0. The molecule has 0 radical (unpaired) electrons. The zero-order chi connectivity index (χ0) is 8.81. The van der Waals surface area contributed by atoms with Gasteiger partial charge in [0.1, 0.15) is 0 Å². The smallest absolute Gasteiger partial charge is 0.234 e. The van der Waals surface area contributed by atoms with Crippen LogP contribution in [-0.2, 0) is 9.53 Å². The number of hydrogen-bond acceptors (Lipinski definition) is 3. The summed E-state index contributed by atoms with van der Waals surface area (Å²) in [6.45, 7) is 1.87. The van der Waals surface area contributed by atoms with Crippen molar-refractivity contribution in [1.82, 2.24) is 10.6 Å². The zero-order valence-electron chi connectivity index (χ0n) is 7.43. The molecule has 1 fully saturated rings. The maximum absolute atomic E-state index is 11.0. The molecule has 4 heteroatoms. The minimum atomic E-state index is 0.0352. The predicted octanol–water partition coefficient (Wildman–Crippen LogP) is -0.499. The molecule has 1 rings (SSSR count). The number of rotatable bonds is 4. The minimum Gasteiger partial charge on any atom is -0.376 e. The lowest BCUT2D eigenvalue weighted by Crippen LogP contribution is -2.36. The average molecular weight is 172 g/mol. The van der Waals surface area contributed by atoms with Crippen LogP contribution in [0.3, 0.4) is 0 Å². The van der Waals surface area contributed by atoms with Gasteiger partial charge in [0.2, 0.25) is 5.91 Å². The Morgan fingerprint density at radius 1 is 1.67 bits per heavy atom. The third-order valence-electron chi connectivity index (χ3n) is 1.89. The molecular weight excluding hydrogens is 156 g/mol. The van der Waals surface area contributed by atoms with Gasteiger partial charge in [-0.25, -0.2) is 0 Å². The molecule has 0 aromatic heterocycles. The van der Waals surface area contributed by atoms with Crippen molar-refractivity contribution >= 4 is 5.91 Å². The van der Waals surface area contributed by atoms with E-state index < -0.39 is 0 Å². The van der Waals surface area contributed by atoms with Gasteiger partial charge in [0, 0.05) is 13.2 Å².